The Morgan fingerprint density at radius 1 is 1.44 bits per heavy atom. The first-order valence-corrected chi connectivity index (χ1v) is 4.56. The third-order valence-corrected chi connectivity index (χ3v) is 1.83. The highest BCUT2D eigenvalue weighted by molar-refractivity contribution is 6.43. The Balaban J connectivity index is 2.75. The Labute approximate surface area is 93.3 Å². The van der Waals surface area contributed by atoms with Crippen LogP contribution in [0.15, 0.2) is 29.4 Å². The summed E-state index contributed by atoms with van der Waals surface area (Å²) in [6.45, 7) is 1.96. The van der Waals surface area contributed by atoms with Crippen LogP contribution in [0.2, 0.25) is 0 Å². The quantitative estimate of drug-likeness (QED) is 0.472. The first kappa shape index (κ1) is 11.7. The first-order chi connectivity index (χ1) is 7.67. The fourth-order valence-corrected chi connectivity index (χ4v) is 0.962. The fraction of sp³-hybridized carbons (Fsp3) is 0.182. The van der Waals surface area contributed by atoms with Crippen LogP contribution in [0.25, 0.3) is 0 Å². The summed E-state index contributed by atoms with van der Waals surface area (Å²) in [5, 5.41) is 12.3. The number of nitrogens with zero attached hydrogens (tertiary/aromatic N) is 2. The zero-order chi connectivity index (χ0) is 12.0. The van der Waals surface area contributed by atoms with E-state index in [9.17, 15) is 4.79 Å². The zero-order valence-electron chi connectivity index (χ0n) is 9.02. The largest absolute Gasteiger partial charge is 0.464 e. The summed E-state index contributed by atoms with van der Waals surface area (Å²) in [6, 6.07) is 9.02. The molecule has 16 heavy (non-hydrogen) atoms. The lowest BCUT2D eigenvalue weighted by Crippen LogP contribution is -2.15. The van der Waals surface area contributed by atoms with E-state index in [4.69, 9.17) is 5.26 Å². The SMILES string of the molecule is COC(=O)/C(C#N)=N/Nc1ccc(C)cc1. The molecule has 0 amide bonds. The van der Waals surface area contributed by atoms with E-state index in [2.05, 4.69) is 15.3 Å². The van der Waals surface area contributed by atoms with E-state index in [1.165, 1.54) is 7.11 Å². The molecule has 0 aliphatic rings. The predicted octanol–water partition coefficient (Wildman–Crippen LogP) is 1.46. The third kappa shape index (κ3) is 3.10. The monoisotopic (exact) mass is 217 g/mol. The molecular weight excluding hydrogens is 206 g/mol. The second-order valence-corrected chi connectivity index (χ2v) is 3.04. The fourth-order valence-electron chi connectivity index (χ4n) is 0.962. The zero-order valence-corrected chi connectivity index (χ0v) is 9.02. The standard InChI is InChI=1S/C11H11N3O2/c1-8-3-5-9(6-4-8)13-14-10(7-12)11(15)16-2/h3-6,13H,1-2H3/b14-10+. The summed E-state index contributed by atoms with van der Waals surface area (Å²) in [5.41, 5.74) is 4.10. The molecule has 0 aliphatic carbocycles. The van der Waals surface area contributed by atoms with E-state index < -0.39 is 5.97 Å². The van der Waals surface area contributed by atoms with Gasteiger partial charge in [0.25, 0.3) is 0 Å². The molecule has 5 heteroatoms. The maximum atomic E-state index is 11.0. The minimum atomic E-state index is -0.762. The van der Waals surface area contributed by atoms with Crippen molar-refractivity contribution >= 4 is 17.4 Å². The lowest BCUT2D eigenvalue weighted by atomic mass is 10.2. The maximum Gasteiger partial charge on any atom is 0.369 e. The van der Waals surface area contributed by atoms with E-state index in [-0.39, 0.29) is 5.71 Å². The lowest BCUT2D eigenvalue weighted by Gasteiger charge is -2.01. The van der Waals surface area contributed by atoms with Crippen molar-refractivity contribution in [3.05, 3.63) is 29.8 Å². The Morgan fingerprint density at radius 2 is 2.06 bits per heavy atom. The molecule has 0 unspecified atom stereocenters. The number of hydrogen-bond donors (Lipinski definition) is 1. The van der Waals surface area contributed by atoms with Crippen molar-refractivity contribution in [2.45, 2.75) is 6.92 Å². The van der Waals surface area contributed by atoms with E-state index in [1.54, 1.807) is 18.2 Å². The van der Waals surface area contributed by atoms with Crippen LogP contribution in [0.5, 0.6) is 0 Å². The summed E-state index contributed by atoms with van der Waals surface area (Å²) in [5.74, 6) is -0.762. The molecule has 0 bridgehead atoms. The summed E-state index contributed by atoms with van der Waals surface area (Å²) >= 11 is 0. The number of ether oxygens (including phenoxy) is 1. The molecule has 1 aromatic rings. The topological polar surface area (TPSA) is 74.5 Å². The smallest absolute Gasteiger partial charge is 0.369 e. The van der Waals surface area contributed by atoms with Crippen LogP contribution in [-0.4, -0.2) is 18.8 Å². The number of benzene rings is 1. The van der Waals surface area contributed by atoms with Gasteiger partial charge in [-0.2, -0.15) is 10.4 Å². The van der Waals surface area contributed by atoms with Crippen LogP contribution in [0.1, 0.15) is 5.56 Å². The number of anilines is 1. The van der Waals surface area contributed by atoms with Gasteiger partial charge in [-0.1, -0.05) is 17.7 Å². The molecule has 1 N–H and O–H groups in total. The molecule has 0 saturated heterocycles. The van der Waals surface area contributed by atoms with Gasteiger partial charge in [0.1, 0.15) is 6.07 Å². The highest BCUT2D eigenvalue weighted by Crippen LogP contribution is 2.08. The molecule has 1 rings (SSSR count). The summed E-state index contributed by atoms with van der Waals surface area (Å²) in [4.78, 5) is 11.0. The number of hydrogen-bond acceptors (Lipinski definition) is 5. The Bertz CT molecular complexity index is 443. The second kappa shape index (κ2) is 5.51. The molecule has 5 nitrogen and oxygen atoms in total. The van der Waals surface area contributed by atoms with Gasteiger partial charge in [0.15, 0.2) is 0 Å². The molecular formula is C11H11N3O2. The average molecular weight is 217 g/mol. The van der Waals surface area contributed by atoms with Crippen molar-refractivity contribution in [2.75, 3.05) is 12.5 Å². The number of aryl methyl sites for hydroxylation is 1. The number of nitrogens with one attached hydrogen (secondary N) is 1. The average Bonchev–Trinajstić information content (AvgIpc) is 2.31. The van der Waals surface area contributed by atoms with E-state index >= 15 is 0 Å². The Hall–Kier alpha value is -2.35. The molecule has 0 atom stereocenters. The van der Waals surface area contributed by atoms with Gasteiger partial charge in [0.05, 0.1) is 12.8 Å². The number of carbonyl (C=O) groups excluding carboxylic acids is 1. The minimum Gasteiger partial charge on any atom is -0.464 e. The summed E-state index contributed by atoms with van der Waals surface area (Å²) < 4.78 is 4.38. The van der Waals surface area contributed by atoms with Gasteiger partial charge in [0, 0.05) is 0 Å². The highest BCUT2D eigenvalue weighted by atomic mass is 16.5. The van der Waals surface area contributed by atoms with Crippen LogP contribution in [-0.2, 0) is 9.53 Å². The molecule has 82 valence electrons. The number of rotatable bonds is 3. The van der Waals surface area contributed by atoms with Gasteiger partial charge in [-0.3, -0.25) is 5.43 Å². The van der Waals surface area contributed by atoms with E-state index in [0.717, 1.165) is 5.56 Å². The van der Waals surface area contributed by atoms with Crippen LogP contribution >= 0.6 is 0 Å². The van der Waals surface area contributed by atoms with Crippen molar-refractivity contribution in [3.8, 4) is 6.07 Å². The Morgan fingerprint density at radius 3 is 2.56 bits per heavy atom. The van der Waals surface area contributed by atoms with Gasteiger partial charge in [-0.25, -0.2) is 4.79 Å². The van der Waals surface area contributed by atoms with Crippen LogP contribution < -0.4 is 5.43 Å². The van der Waals surface area contributed by atoms with Gasteiger partial charge >= 0.3 is 5.97 Å². The summed E-state index contributed by atoms with van der Waals surface area (Å²) in [7, 11) is 1.20. The van der Waals surface area contributed by atoms with Gasteiger partial charge in [0.2, 0.25) is 5.71 Å². The molecule has 0 fully saturated rings. The minimum absolute atomic E-state index is 0.317. The molecule has 0 radical (unpaired) electrons. The van der Waals surface area contributed by atoms with Crippen molar-refractivity contribution in [2.24, 2.45) is 5.10 Å². The number of methoxy groups -OCH3 is 1. The second-order valence-electron chi connectivity index (χ2n) is 3.04. The predicted molar refractivity (Wildman–Crippen MR) is 59.9 cm³/mol. The van der Waals surface area contributed by atoms with E-state index in [1.807, 2.05) is 19.1 Å². The van der Waals surface area contributed by atoms with Crippen LogP contribution in [0.4, 0.5) is 5.69 Å². The van der Waals surface area contributed by atoms with E-state index in [0.29, 0.717) is 5.69 Å². The number of esters is 1. The summed E-state index contributed by atoms with van der Waals surface area (Å²) in [6.07, 6.45) is 0. The molecule has 1 aromatic carbocycles. The van der Waals surface area contributed by atoms with Crippen LogP contribution in [0.3, 0.4) is 0 Å². The van der Waals surface area contributed by atoms with Crippen molar-refractivity contribution in [3.63, 3.8) is 0 Å². The normalized spacial score (nSPS) is 10.4. The van der Waals surface area contributed by atoms with Crippen molar-refractivity contribution in [1.29, 1.82) is 5.26 Å². The maximum absolute atomic E-state index is 11.0. The van der Waals surface area contributed by atoms with Crippen molar-refractivity contribution in [1.82, 2.24) is 0 Å². The highest BCUT2D eigenvalue weighted by Gasteiger charge is 2.10. The van der Waals surface area contributed by atoms with Crippen molar-refractivity contribution < 1.29 is 9.53 Å². The lowest BCUT2D eigenvalue weighted by molar-refractivity contribution is -0.132. The molecule has 0 heterocycles. The van der Waals surface area contributed by atoms with Gasteiger partial charge < -0.3 is 4.74 Å². The molecule has 0 aromatic heterocycles. The Kier molecular flexibility index (Phi) is 4.04. The van der Waals surface area contributed by atoms with Crippen LogP contribution in [0, 0.1) is 18.3 Å². The molecule has 0 spiro atoms. The number of carbonyl (C=O) groups is 1. The molecule has 0 saturated carbocycles. The van der Waals surface area contributed by atoms with Gasteiger partial charge in [-0.15, -0.1) is 0 Å². The molecule has 0 aliphatic heterocycles. The number of hydrazone groups is 1. The first-order valence-electron chi connectivity index (χ1n) is 4.56. The third-order valence-electron chi connectivity index (χ3n) is 1.83. The van der Waals surface area contributed by atoms with Gasteiger partial charge in [-0.05, 0) is 19.1 Å². The number of nitriles is 1.